The van der Waals surface area contributed by atoms with Crippen LogP contribution in [-0.2, 0) is 14.4 Å². The maximum Gasteiger partial charge on any atom is 0.226 e. The topological polar surface area (TPSA) is 95.7 Å². The highest BCUT2D eigenvalue weighted by Gasteiger charge is 2.51. The van der Waals surface area contributed by atoms with Crippen molar-refractivity contribution in [2.45, 2.75) is 95.7 Å². The van der Waals surface area contributed by atoms with E-state index in [2.05, 4.69) is 22.0 Å². The summed E-state index contributed by atoms with van der Waals surface area (Å²) < 4.78 is 0. The molecule has 5 fully saturated rings. The first-order valence-electron chi connectivity index (χ1n) is 13.6. The van der Waals surface area contributed by atoms with Crippen LogP contribution in [0.4, 0.5) is 0 Å². The summed E-state index contributed by atoms with van der Waals surface area (Å²) in [7, 11) is 0. The van der Waals surface area contributed by atoms with Crippen molar-refractivity contribution in [1.29, 1.82) is 0 Å². The molecule has 3 amide bonds. The van der Waals surface area contributed by atoms with E-state index in [9.17, 15) is 14.4 Å². The van der Waals surface area contributed by atoms with E-state index in [-0.39, 0.29) is 41.8 Å². The lowest BCUT2D eigenvalue weighted by atomic mass is 9.67. The molecule has 0 bridgehead atoms. The third-order valence-corrected chi connectivity index (χ3v) is 9.16. The van der Waals surface area contributed by atoms with E-state index >= 15 is 0 Å². The van der Waals surface area contributed by atoms with Crippen LogP contribution in [-0.4, -0.2) is 65.3 Å². The van der Waals surface area contributed by atoms with E-state index < -0.39 is 0 Å². The zero-order valence-corrected chi connectivity index (χ0v) is 20.2. The van der Waals surface area contributed by atoms with Crippen molar-refractivity contribution in [3.63, 3.8) is 0 Å². The van der Waals surface area contributed by atoms with Crippen molar-refractivity contribution in [3.8, 4) is 0 Å². The molecule has 5 rings (SSSR count). The summed E-state index contributed by atoms with van der Waals surface area (Å²) in [6, 6.07) is 0.501. The fraction of sp³-hybridized carbons (Fsp3) is 0.885. The Labute approximate surface area is 198 Å². The summed E-state index contributed by atoms with van der Waals surface area (Å²) in [5.41, 5.74) is 5.52. The van der Waals surface area contributed by atoms with Crippen LogP contribution >= 0.6 is 0 Å². The molecule has 184 valence electrons. The van der Waals surface area contributed by atoms with Crippen LogP contribution in [0.15, 0.2) is 0 Å². The maximum absolute atomic E-state index is 13.2. The van der Waals surface area contributed by atoms with Crippen LogP contribution in [0, 0.1) is 29.6 Å². The average molecular weight is 459 g/mol. The number of piperazine rings is 1. The molecule has 1 aliphatic heterocycles. The summed E-state index contributed by atoms with van der Waals surface area (Å²) in [4.78, 5) is 43.2. The molecular weight excluding hydrogens is 416 g/mol. The van der Waals surface area contributed by atoms with Gasteiger partial charge < -0.3 is 20.9 Å². The number of nitrogens with one attached hydrogen (secondary N) is 1. The molecule has 33 heavy (non-hydrogen) atoms. The van der Waals surface area contributed by atoms with Gasteiger partial charge in [-0.15, -0.1) is 0 Å². The minimum atomic E-state index is 0.124. The second-order valence-corrected chi connectivity index (χ2v) is 11.5. The molecule has 1 heterocycles. The Morgan fingerprint density at radius 2 is 1.39 bits per heavy atom. The highest BCUT2D eigenvalue weighted by Crippen LogP contribution is 2.46. The predicted octanol–water partition coefficient (Wildman–Crippen LogP) is 2.28. The average Bonchev–Trinajstić information content (AvgIpc) is 3.73. The lowest BCUT2D eigenvalue weighted by Crippen LogP contribution is -2.67. The Morgan fingerprint density at radius 1 is 0.788 bits per heavy atom. The Morgan fingerprint density at radius 3 is 2.03 bits per heavy atom. The van der Waals surface area contributed by atoms with E-state index in [1.54, 1.807) is 0 Å². The molecule has 4 aliphatic carbocycles. The highest BCUT2D eigenvalue weighted by molar-refractivity contribution is 5.84. The third-order valence-electron chi connectivity index (χ3n) is 9.16. The van der Waals surface area contributed by atoms with Gasteiger partial charge in [-0.1, -0.05) is 0 Å². The normalized spacial score (nSPS) is 36.8. The first-order valence-corrected chi connectivity index (χ1v) is 13.6. The zero-order valence-electron chi connectivity index (χ0n) is 20.2. The standard InChI is InChI=1S/C26H42N4O3/c1-16-15-29(25(32)19-6-7-19)23-14-21(10-11-22(23)30(16)26(33)20-8-9-20)17-2-4-18(5-3-17)24(31)28-13-12-27/h16-23H,2-15,27H2,1H3,(H,28,31)/t16-,17?,18?,21?,22?,23?/m0/s1. The van der Waals surface area contributed by atoms with Gasteiger partial charge in [0.2, 0.25) is 17.7 Å². The molecule has 7 nitrogen and oxygen atoms in total. The first-order chi connectivity index (χ1) is 16.0. The number of hydrogen-bond acceptors (Lipinski definition) is 4. The molecule has 0 spiro atoms. The molecule has 3 N–H and O–H groups in total. The van der Waals surface area contributed by atoms with Gasteiger partial charge in [-0.05, 0) is 89.4 Å². The maximum atomic E-state index is 13.2. The van der Waals surface area contributed by atoms with Crippen molar-refractivity contribution < 1.29 is 14.4 Å². The van der Waals surface area contributed by atoms with Gasteiger partial charge in [-0.3, -0.25) is 14.4 Å². The van der Waals surface area contributed by atoms with Crippen molar-refractivity contribution in [2.24, 2.45) is 35.3 Å². The summed E-state index contributed by atoms with van der Waals surface area (Å²) in [5, 5.41) is 2.96. The van der Waals surface area contributed by atoms with E-state index in [0.717, 1.165) is 70.6 Å². The number of nitrogens with zero attached hydrogens (tertiary/aromatic N) is 2. The summed E-state index contributed by atoms with van der Waals surface area (Å²) >= 11 is 0. The number of hydrogen-bond donors (Lipinski definition) is 2. The van der Waals surface area contributed by atoms with Crippen molar-refractivity contribution in [1.82, 2.24) is 15.1 Å². The molecule has 4 atom stereocenters. The van der Waals surface area contributed by atoms with E-state index in [4.69, 9.17) is 5.73 Å². The van der Waals surface area contributed by atoms with Crippen LogP contribution in [0.1, 0.15) is 77.6 Å². The second-order valence-electron chi connectivity index (χ2n) is 11.5. The number of carbonyl (C=O) groups excluding carboxylic acids is 3. The third kappa shape index (κ3) is 4.80. The van der Waals surface area contributed by atoms with Gasteiger partial charge in [-0.25, -0.2) is 0 Å². The lowest BCUT2D eigenvalue weighted by molar-refractivity contribution is -0.157. The summed E-state index contributed by atoms with van der Waals surface area (Å²) in [6.45, 7) is 3.90. The quantitative estimate of drug-likeness (QED) is 0.638. The Kier molecular flexibility index (Phi) is 6.69. The van der Waals surface area contributed by atoms with Gasteiger partial charge in [-0.2, -0.15) is 0 Å². The van der Waals surface area contributed by atoms with Crippen LogP contribution < -0.4 is 11.1 Å². The first kappa shape index (κ1) is 23.1. The van der Waals surface area contributed by atoms with Gasteiger partial charge in [0, 0.05) is 43.4 Å². The van der Waals surface area contributed by atoms with E-state index in [0.29, 0.717) is 43.3 Å². The Balaban J connectivity index is 1.25. The Hall–Kier alpha value is -1.63. The van der Waals surface area contributed by atoms with Crippen LogP contribution in [0.2, 0.25) is 0 Å². The van der Waals surface area contributed by atoms with Crippen molar-refractivity contribution in [2.75, 3.05) is 19.6 Å². The number of nitrogens with two attached hydrogens (primary N) is 1. The highest BCUT2D eigenvalue weighted by atomic mass is 16.2. The molecule has 7 heteroatoms. The fourth-order valence-corrected chi connectivity index (χ4v) is 7.02. The van der Waals surface area contributed by atoms with E-state index in [1.165, 1.54) is 0 Å². The lowest BCUT2D eigenvalue weighted by Gasteiger charge is -2.55. The van der Waals surface area contributed by atoms with Gasteiger partial charge in [0.1, 0.15) is 0 Å². The molecule has 5 aliphatic rings. The van der Waals surface area contributed by atoms with Crippen molar-refractivity contribution >= 4 is 17.7 Å². The summed E-state index contributed by atoms with van der Waals surface area (Å²) in [6.07, 6.45) is 11.4. The van der Waals surface area contributed by atoms with Crippen LogP contribution in [0.25, 0.3) is 0 Å². The number of rotatable bonds is 6. The molecule has 0 radical (unpaired) electrons. The molecule has 0 aromatic rings. The van der Waals surface area contributed by atoms with Crippen LogP contribution in [0.3, 0.4) is 0 Å². The second kappa shape index (κ2) is 9.55. The van der Waals surface area contributed by atoms with E-state index in [1.807, 2.05) is 0 Å². The predicted molar refractivity (Wildman–Crippen MR) is 126 cm³/mol. The molecule has 0 aromatic carbocycles. The SMILES string of the molecule is C[C@H]1CN(C(=O)C2CC2)C2CC(C3CCC(C(=O)NCCN)CC3)CCC2N1C(=O)C1CC1. The zero-order chi connectivity index (χ0) is 23.1. The van der Waals surface area contributed by atoms with Gasteiger partial charge in [0.15, 0.2) is 0 Å². The molecule has 1 saturated heterocycles. The van der Waals surface area contributed by atoms with Crippen LogP contribution in [0.5, 0.6) is 0 Å². The smallest absolute Gasteiger partial charge is 0.226 e. The number of fused-ring (bicyclic) bond motifs is 1. The number of amides is 3. The largest absolute Gasteiger partial charge is 0.355 e. The minimum absolute atomic E-state index is 0.124. The van der Waals surface area contributed by atoms with Crippen molar-refractivity contribution in [3.05, 3.63) is 0 Å². The molecule has 4 saturated carbocycles. The molecule has 3 unspecified atom stereocenters. The Bertz CT molecular complexity index is 757. The molecular formula is C26H42N4O3. The van der Waals surface area contributed by atoms with Gasteiger partial charge >= 0.3 is 0 Å². The van der Waals surface area contributed by atoms with Gasteiger partial charge in [0.25, 0.3) is 0 Å². The number of carbonyl (C=O) groups is 3. The fourth-order valence-electron chi connectivity index (χ4n) is 7.02. The summed E-state index contributed by atoms with van der Waals surface area (Å²) in [5.74, 6) is 2.67. The monoisotopic (exact) mass is 458 g/mol. The minimum Gasteiger partial charge on any atom is -0.355 e. The van der Waals surface area contributed by atoms with Gasteiger partial charge in [0.05, 0.1) is 12.1 Å². The molecule has 0 aromatic heterocycles.